The number of anilines is 1. The summed E-state index contributed by atoms with van der Waals surface area (Å²) in [5.74, 6) is 0.532. The molecule has 1 aromatic carbocycles. The van der Waals surface area contributed by atoms with Crippen LogP contribution < -0.4 is 11.1 Å². The van der Waals surface area contributed by atoms with Crippen LogP contribution in [0.1, 0.15) is 55.8 Å². The molecule has 0 unspecified atom stereocenters. The summed E-state index contributed by atoms with van der Waals surface area (Å²) in [6.07, 6.45) is 7.67. The molecule has 1 aromatic rings. The van der Waals surface area contributed by atoms with E-state index < -0.39 is 0 Å². The first-order chi connectivity index (χ1) is 9.58. The van der Waals surface area contributed by atoms with Crippen molar-refractivity contribution >= 4 is 27.5 Å². The fourth-order valence-corrected chi connectivity index (χ4v) is 3.33. The summed E-state index contributed by atoms with van der Waals surface area (Å²) in [5, 5.41) is 3.12. The first-order valence-corrected chi connectivity index (χ1v) is 8.23. The van der Waals surface area contributed by atoms with Gasteiger partial charge in [0.15, 0.2) is 0 Å². The van der Waals surface area contributed by atoms with Gasteiger partial charge in [-0.3, -0.25) is 4.79 Å². The minimum atomic E-state index is -0.0632. The van der Waals surface area contributed by atoms with Gasteiger partial charge in [-0.2, -0.15) is 0 Å². The van der Waals surface area contributed by atoms with Gasteiger partial charge in [0, 0.05) is 16.2 Å². The van der Waals surface area contributed by atoms with Crippen LogP contribution in [0.5, 0.6) is 0 Å². The highest BCUT2D eigenvalue weighted by molar-refractivity contribution is 9.10. The second-order valence-electron chi connectivity index (χ2n) is 5.75. The number of nitrogen functional groups attached to an aromatic ring is 1. The normalized spacial score (nSPS) is 18.3. The molecule has 0 radical (unpaired) electrons. The minimum absolute atomic E-state index is 0.0632. The maximum absolute atomic E-state index is 12.3. The summed E-state index contributed by atoms with van der Waals surface area (Å²) in [4.78, 5) is 12.3. The lowest BCUT2D eigenvalue weighted by Gasteiger charge is -2.23. The number of amides is 1. The first kappa shape index (κ1) is 15.4. The number of nitrogens with two attached hydrogens (primary N) is 1. The molecule has 0 aromatic heterocycles. The van der Waals surface area contributed by atoms with Gasteiger partial charge < -0.3 is 11.1 Å². The Morgan fingerprint density at radius 2 is 1.95 bits per heavy atom. The Morgan fingerprint density at radius 1 is 1.30 bits per heavy atom. The van der Waals surface area contributed by atoms with E-state index in [1.807, 2.05) is 6.07 Å². The molecule has 1 aliphatic rings. The standard InChI is InChI=1S/C16H23BrN2O/c1-11(12-6-4-2-3-5-7-12)19-16(20)14-9-8-13(17)10-15(14)18/h8-12H,2-7,18H2,1H3,(H,19,20)/t11-/m1/s1. The van der Waals surface area contributed by atoms with Crippen molar-refractivity contribution in [3.63, 3.8) is 0 Å². The maximum Gasteiger partial charge on any atom is 0.253 e. The summed E-state index contributed by atoms with van der Waals surface area (Å²) in [6.45, 7) is 2.11. The molecule has 0 saturated heterocycles. The second-order valence-corrected chi connectivity index (χ2v) is 6.66. The van der Waals surface area contributed by atoms with Crippen LogP contribution in [-0.4, -0.2) is 11.9 Å². The van der Waals surface area contributed by atoms with Gasteiger partial charge in [-0.05, 0) is 43.9 Å². The van der Waals surface area contributed by atoms with Gasteiger partial charge in [-0.15, -0.1) is 0 Å². The number of rotatable bonds is 3. The average molecular weight is 339 g/mol. The number of hydrogen-bond donors (Lipinski definition) is 2. The first-order valence-electron chi connectivity index (χ1n) is 7.44. The topological polar surface area (TPSA) is 55.1 Å². The van der Waals surface area contributed by atoms with Crippen LogP contribution in [0.3, 0.4) is 0 Å². The molecule has 1 saturated carbocycles. The summed E-state index contributed by atoms with van der Waals surface area (Å²) >= 11 is 3.36. The average Bonchev–Trinajstić information content (AvgIpc) is 2.67. The molecule has 1 aliphatic carbocycles. The lowest BCUT2D eigenvalue weighted by atomic mass is 9.93. The van der Waals surface area contributed by atoms with E-state index in [2.05, 4.69) is 28.2 Å². The van der Waals surface area contributed by atoms with E-state index in [0.29, 0.717) is 17.2 Å². The Morgan fingerprint density at radius 3 is 2.55 bits per heavy atom. The zero-order valence-electron chi connectivity index (χ0n) is 12.0. The van der Waals surface area contributed by atoms with Crippen LogP contribution in [-0.2, 0) is 0 Å². The van der Waals surface area contributed by atoms with E-state index in [0.717, 1.165) is 4.47 Å². The summed E-state index contributed by atoms with van der Waals surface area (Å²) in [6, 6.07) is 5.60. The molecule has 3 nitrogen and oxygen atoms in total. The molecule has 1 fully saturated rings. The highest BCUT2D eigenvalue weighted by Gasteiger charge is 2.21. The van der Waals surface area contributed by atoms with E-state index in [9.17, 15) is 4.79 Å². The smallest absolute Gasteiger partial charge is 0.253 e. The zero-order chi connectivity index (χ0) is 14.5. The maximum atomic E-state index is 12.3. The number of carbonyl (C=O) groups excluding carboxylic acids is 1. The van der Waals surface area contributed by atoms with Gasteiger partial charge >= 0.3 is 0 Å². The molecule has 110 valence electrons. The third-order valence-electron chi connectivity index (χ3n) is 4.22. The van der Waals surface area contributed by atoms with Crippen molar-refractivity contribution in [3.8, 4) is 0 Å². The number of hydrogen-bond acceptors (Lipinski definition) is 2. The van der Waals surface area contributed by atoms with Crippen molar-refractivity contribution in [3.05, 3.63) is 28.2 Å². The number of benzene rings is 1. The number of nitrogens with one attached hydrogen (secondary N) is 1. The van der Waals surface area contributed by atoms with Crippen molar-refractivity contribution in [2.24, 2.45) is 5.92 Å². The van der Waals surface area contributed by atoms with Crippen LogP contribution in [0.4, 0.5) is 5.69 Å². The largest absolute Gasteiger partial charge is 0.398 e. The van der Waals surface area contributed by atoms with Crippen molar-refractivity contribution in [2.75, 3.05) is 5.73 Å². The molecule has 0 aliphatic heterocycles. The predicted octanol–water partition coefficient (Wildman–Crippen LogP) is 4.12. The van der Waals surface area contributed by atoms with Crippen molar-refractivity contribution in [2.45, 2.75) is 51.5 Å². The molecule has 4 heteroatoms. The fourth-order valence-electron chi connectivity index (χ4n) is 2.95. The van der Waals surface area contributed by atoms with Crippen molar-refractivity contribution in [1.82, 2.24) is 5.32 Å². The number of carbonyl (C=O) groups is 1. The van der Waals surface area contributed by atoms with Crippen LogP contribution in [0, 0.1) is 5.92 Å². The monoisotopic (exact) mass is 338 g/mol. The summed E-state index contributed by atoms with van der Waals surface area (Å²) in [5.41, 5.74) is 6.99. The van der Waals surface area contributed by atoms with Gasteiger partial charge in [0.2, 0.25) is 0 Å². The highest BCUT2D eigenvalue weighted by atomic mass is 79.9. The van der Waals surface area contributed by atoms with E-state index in [1.165, 1.54) is 38.5 Å². The molecule has 20 heavy (non-hydrogen) atoms. The molecular formula is C16H23BrN2O. The zero-order valence-corrected chi connectivity index (χ0v) is 13.6. The third kappa shape index (κ3) is 3.98. The minimum Gasteiger partial charge on any atom is -0.398 e. The van der Waals surface area contributed by atoms with Crippen LogP contribution in [0.15, 0.2) is 22.7 Å². The van der Waals surface area contributed by atoms with E-state index in [1.54, 1.807) is 12.1 Å². The van der Waals surface area contributed by atoms with Gasteiger partial charge in [0.25, 0.3) is 5.91 Å². The Kier molecular flexibility index (Phi) is 5.46. The van der Waals surface area contributed by atoms with E-state index >= 15 is 0 Å². The predicted molar refractivity (Wildman–Crippen MR) is 86.7 cm³/mol. The second kappa shape index (κ2) is 7.11. The van der Waals surface area contributed by atoms with Gasteiger partial charge in [-0.1, -0.05) is 41.6 Å². The molecule has 0 bridgehead atoms. The van der Waals surface area contributed by atoms with Crippen LogP contribution in [0.25, 0.3) is 0 Å². The quantitative estimate of drug-likeness (QED) is 0.643. The molecular weight excluding hydrogens is 316 g/mol. The molecule has 0 spiro atoms. The van der Waals surface area contributed by atoms with E-state index in [4.69, 9.17) is 5.73 Å². The van der Waals surface area contributed by atoms with Gasteiger partial charge in [-0.25, -0.2) is 0 Å². The van der Waals surface area contributed by atoms with Gasteiger partial charge in [0.1, 0.15) is 0 Å². The Hall–Kier alpha value is -1.03. The number of halogens is 1. The van der Waals surface area contributed by atoms with Gasteiger partial charge in [0.05, 0.1) is 5.56 Å². The molecule has 1 amide bonds. The van der Waals surface area contributed by atoms with Crippen molar-refractivity contribution in [1.29, 1.82) is 0 Å². The molecule has 1 atom stereocenters. The highest BCUT2D eigenvalue weighted by Crippen LogP contribution is 2.26. The lowest BCUT2D eigenvalue weighted by Crippen LogP contribution is -2.38. The Balaban J connectivity index is 1.99. The van der Waals surface area contributed by atoms with Crippen LogP contribution in [0.2, 0.25) is 0 Å². The third-order valence-corrected chi connectivity index (χ3v) is 4.72. The fraction of sp³-hybridized carbons (Fsp3) is 0.562. The van der Waals surface area contributed by atoms with Crippen molar-refractivity contribution < 1.29 is 4.79 Å². The SMILES string of the molecule is C[C@@H](NC(=O)c1ccc(Br)cc1N)C1CCCCCC1. The molecule has 0 heterocycles. The Labute approximate surface area is 129 Å². The summed E-state index contributed by atoms with van der Waals surface area (Å²) in [7, 11) is 0. The van der Waals surface area contributed by atoms with Crippen LogP contribution >= 0.6 is 15.9 Å². The molecule has 3 N–H and O–H groups in total. The molecule has 2 rings (SSSR count). The Bertz CT molecular complexity index is 468. The van der Waals surface area contributed by atoms with E-state index in [-0.39, 0.29) is 11.9 Å². The lowest BCUT2D eigenvalue weighted by molar-refractivity contribution is 0.0925. The summed E-state index contributed by atoms with van der Waals surface area (Å²) < 4.78 is 0.892.